The van der Waals surface area contributed by atoms with Gasteiger partial charge in [0.1, 0.15) is 0 Å². The van der Waals surface area contributed by atoms with Gasteiger partial charge in [-0.3, -0.25) is 0 Å². The molecule has 0 radical (unpaired) electrons. The van der Waals surface area contributed by atoms with Crippen molar-refractivity contribution in [1.29, 1.82) is 0 Å². The van der Waals surface area contributed by atoms with Crippen molar-refractivity contribution in [3.8, 4) is 0 Å². The largest absolute Gasteiger partial charge is 0.478 e. The number of carboxylic acids is 1. The Morgan fingerprint density at radius 2 is 1.65 bits per heavy atom. The molecule has 104 valence electrons. The van der Waals surface area contributed by atoms with Gasteiger partial charge in [0.15, 0.2) is 0 Å². The summed E-state index contributed by atoms with van der Waals surface area (Å²) >= 11 is 0. The molecule has 0 saturated heterocycles. The molecule has 0 aromatic heterocycles. The first-order valence-electron chi connectivity index (χ1n) is 6.72. The van der Waals surface area contributed by atoms with E-state index < -0.39 is 5.97 Å². The molecule has 2 N–H and O–H groups in total. The summed E-state index contributed by atoms with van der Waals surface area (Å²) in [6.07, 6.45) is 2.97. The fourth-order valence-corrected chi connectivity index (χ4v) is 2.31. The van der Waals surface area contributed by atoms with Crippen molar-refractivity contribution in [2.75, 3.05) is 0 Å². The summed E-state index contributed by atoms with van der Waals surface area (Å²) in [6, 6.07) is 16.5. The lowest BCUT2D eigenvalue weighted by molar-refractivity contribution is 0.0697. The summed E-state index contributed by atoms with van der Waals surface area (Å²) in [5.74, 6) is -0.879. The number of carboxylic acid groups (broad SMARTS) is 1. The maximum absolute atomic E-state index is 10.2. The molecule has 0 heterocycles. The van der Waals surface area contributed by atoms with Gasteiger partial charge < -0.3 is 10.2 Å². The van der Waals surface area contributed by atoms with E-state index in [0.717, 1.165) is 24.8 Å². The highest BCUT2D eigenvalue weighted by atomic mass is 16.4. The average Bonchev–Trinajstić information content (AvgIpc) is 2.49. The molecule has 0 amide bonds. The third kappa shape index (κ3) is 3.68. The predicted octanol–water partition coefficient (Wildman–Crippen LogP) is 3.44. The molecular formula is C17H18O3. The van der Waals surface area contributed by atoms with Gasteiger partial charge in [0.2, 0.25) is 0 Å². The van der Waals surface area contributed by atoms with Crippen LogP contribution in [-0.2, 0) is 6.42 Å². The fraction of sp³-hybridized carbons (Fsp3) is 0.235. The Balaban J connectivity index is 0.000000151. The Hall–Kier alpha value is -2.13. The van der Waals surface area contributed by atoms with Gasteiger partial charge in [-0.05, 0) is 42.5 Å². The molecule has 1 aliphatic carbocycles. The second-order valence-electron chi connectivity index (χ2n) is 4.78. The maximum atomic E-state index is 10.2. The number of fused-ring (bicyclic) bond motifs is 1. The van der Waals surface area contributed by atoms with E-state index in [9.17, 15) is 9.90 Å². The molecule has 0 spiro atoms. The van der Waals surface area contributed by atoms with Gasteiger partial charge in [0.05, 0.1) is 11.7 Å². The lowest BCUT2D eigenvalue weighted by Gasteiger charge is -2.20. The predicted molar refractivity (Wildman–Crippen MR) is 77.7 cm³/mol. The zero-order chi connectivity index (χ0) is 14.4. The fourth-order valence-electron chi connectivity index (χ4n) is 2.31. The summed E-state index contributed by atoms with van der Waals surface area (Å²) < 4.78 is 0. The standard InChI is InChI=1S/C10H12O.C7H6O2/c11-10-7-3-5-8-4-1-2-6-9(8)10;8-7(9)6-4-2-1-3-5-6/h1-2,4,6,10-11H,3,5,7H2;1-5H,(H,8,9). The molecule has 2 aromatic rings. The quantitative estimate of drug-likeness (QED) is 0.834. The van der Waals surface area contributed by atoms with Crippen LogP contribution in [0.4, 0.5) is 0 Å². The van der Waals surface area contributed by atoms with Crippen LogP contribution in [0.15, 0.2) is 54.6 Å². The average molecular weight is 270 g/mol. The minimum atomic E-state index is -0.879. The van der Waals surface area contributed by atoms with Gasteiger partial charge in [-0.2, -0.15) is 0 Å². The van der Waals surface area contributed by atoms with Crippen LogP contribution in [0.25, 0.3) is 0 Å². The molecular weight excluding hydrogens is 252 g/mol. The first-order chi connectivity index (χ1) is 9.68. The number of aromatic carboxylic acids is 1. The highest BCUT2D eigenvalue weighted by Crippen LogP contribution is 2.28. The van der Waals surface area contributed by atoms with E-state index >= 15 is 0 Å². The summed E-state index contributed by atoms with van der Waals surface area (Å²) in [6.45, 7) is 0. The molecule has 3 nitrogen and oxygen atoms in total. The van der Waals surface area contributed by atoms with E-state index in [0.29, 0.717) is 5.56 Å². The van der Waals surface area contributed by atoms with Crippen molar-refractivity contribution in [3.63, 3.8) is 0 Å². The number of hydrogen-bond acceptors (Lipinski definition) is 2. The third-order valence-corrected chi connectivity index (χ3v) is 3.36. The van der Waals surface area contributed by atoms with Crippen LogP contribution < -0.4 is 0 Å². The molecule has 3 rings (SSSR count). The number of aryl methyl sites for hydroxylation is 1. The number of aliphatic hydroxyl groups is 1. The van der Waals surface area contributed by atoms with Crippen molar-refractivity contribution < 1.29 is 15.0 Å². The molecule has 0 fully saturated rings. The van der Waals surface area contributed by atoms with Crippen molar-refractivity contribution in [2.24, 2.45) is 0 Å². The van der Waals surface area contributed by atoms with E-state index in [1.54, 1.807) is 30.3 Å². The zero-order valence-electron chi connectivity index (χ0n) is 11.2. The first kappa shape index (κ1) is 14.3. The van der Waals surface area contributed by atoms with Gasteiger partial charge in [0, 0.05) is 0 Å². The second-order valence-corrected chi connectivity index (χ2v) is 4.78. The van der Waals surface area contributed by atoms with E-state index in [2.05, 4.69) is 6.07 Å². The van der Waals surface area contributed by atoms with Crippen molar-refractivity contribution in [2.45, 2.75) is 25.4 Å². The number of carbonyl (C=O) groups is 1. The van der Waals surface area contributed by atoms with E-state index in [1.165, 1.54) is 5.56 Å². The summed E-state index contributed by atoms with van der Waals surface area (Å²) in [5, 5.41) is 17.9. The van der Waals surface area contributed by atoms with Gasteiger partial charge >= 0.3 is 5.97 Å². The van der Waals surface area contributed by atoms with Crippen LogP contribution in [0, 0.1) is 0 Å². The lowest BCUT2D eigenvalue weighted by Crippen LogP contribution is -2.08. The summed E-state index contributed by atoms with van der Waals surface area (Å²) in [5.41, 5.74) is 2.79. The maximum Gasteiger partial charge on any atom is 0.335 e. The lowest BCUT2D eigenvalue weighted by atomic mass is 9.90. The summed E-state index contributed by atoms with van der Waals surface area (Å²) in [4.78, 5) is 10.2. The minimum Gasteiger partial charge on any atom is -0.478 e. The number of hydrogen-bond donors (Lipinski definition) is 2. The van der Waals surface area contributed by atoms with Crippen LogP contribution in [0.5, 0.6) is 0 Å². The number of aliphatic hydroxyl groups excluding tert-OH is 1. The van der Waals surface area contributed by atoms with Gasteiger partial charge in [0.25, 0.3) is 0 Å². The van der Waals surface area contributed by atoms with E-state index in [-0.39, 0.29) is 6.10 Å². The molecule has 0 saturated carbocycles. The molecule has 0 bridgehead atoms. The number of benzene rings is 2. The Morgan fingerprint density at radius 3 is 2.25 bits per heavy atom. The van der Waals surface area contributed by atoms with Crippen LogP contribution in [0.3, 0.4) is 0 Å². The van der Waals surface area contributed by atoms with Crippen molar-refractivity contribution in [1.82, 2.24) is 0 Å². The Kier molecular flexibility index (Phi) is 4.91. The van der Waals surface area contributed by atoms with Crippen LogP contribution in [0.2, 0.25) is 0 Å². The highest BCUT2D eigenvalue weighted by molar-refractivity contribution is 5.87. The highest BCUT2D eigenvalue weighted by Gasteiger charge is 2.15. The second kappa shape index (κ2) is 6.87. The van der Waals surface area contributed by atoms with E-state index in [4.69, 9.17) is 5.11 Å². The molecule has 20 heavy (non-hydrogen) atoms. The molecule has 0 aliphatic heterocycles. The zero-order valence-corrected chi connectivity index (χ0v) is 11.2. The van der Waals surface area contributed by atoms with E-state index in [1.807, 2.05) is 18.2 Å². The Bertz CT molecular complexity index is 563. The summed E-state index contributed by atoms with van der Waals surface area (Å²) in [7, 11) is 0. The first-order valence-corrected chi connectivity index (χ1v) is 6.72. The molecule has 1 unspecified atom stereocenters. The molecule has 2 aromatic carbocycles. The van der Waals surface area contributed by atoms with Crippen LogP contribution in [0.1, 0.15) is 40.4 Å². The topological polar surface area (TPSA) is 57.5 Å². The molecule has 3 heteroatoms. The van der Waals surface area contributed by atoms with Crippen LogP contribution in [-0.4, -0.2) is 16.2 Å². The monoisotopic (exact) mass is 270 g/mol. The Labute approximate surface area is 118 Å². The third-order valence-electron chi connectivity index (χ3n) is 3.36. The van der Waals surface area contributed by atoms with Crippen molar-refractivity contribution in [3.05, 3.63) is 71.3 Å². The van der Waals surface area contributed by atoms with Gasteiger partial charge in [-0.25, -0.2) is 4.79 Å². The Morgan fingerprint density at radius 1 is 1.00 bits per heavy atom. The molecule has 1 atom stereocenters. The van der Waals surface area contributed by atoms with Crippen molar-refractivity contribution >= 4 is 5.97 Å². The van der Waals surface area contributed by atoms with Gasteiger partial charge in [-0.15, -0.1) is 0 Å². The normalized spacial score (nSPS) is 16.6. The minimum absolute atomic E-state index is 0.208. The SMILES string of the molecule is O=C(O)c1ccccc1.OC1CCCc2ccccc21. The number of rotatable bonds is 1. The smallest absolute Gasteiger partial charge is 0.335 e. The van der Waals surface area contributed by atoms with Crippen LogP contribution >= 0.6 is 0 Å². The van der Waals surface area contributed by atoms with Gasteiger partial charge in [-0.1, -0.05) is 42.5 Å². The molecule has 1 aliphatic rings.